The van der Waals surface area contributed by atoms with Crippen LogP contribution in [0.1, 0.15) is 29.3 Å². The molecule has 0 amide bonds. The lowest BCUT2D eigenvalue weighted by atomic mass is 9.88. The third-order valence-electron chi connectivity index (χ3n) is 6.20. The van der Waals surface area contributed by atoms with E-state index in [0.29, 0.717) is 0 Å². The fraction of sp³-hybridized carbons (Fsp3) is 0.455. The highest BCUT2D eigenvalue weighted by Gasteiger charge is 2.27. The zero-order valence-corrected chi connectivity index (χ0v) is 17.8. The van der Waals surface area contributed by atoms with Crippen molar-refractivity contribution in [1.29, 1.82) is 0 Å². The molecule has 0 radical (unpaired) electrons. The van der Waals surface area contributed by atoms with Crippen LogP contribution in [-0.2, 0) is 19.4 Å². The molecule has 1 fully saturated rings. The fourth-order valence-electron chi connectivity index (χ4n) is 4.61. The number of hydrogen-bond donors (Lipinski definition) is 1. The van der Waals surface area contributed by atoms with Crippen molar-refractivity contribution in [2.45, 2.75) is 32.7 Å². The van der Waals surface area contributed by atoms with Crippen LogP contribution in [0.2, 0.25) is 5.02 Å². The Morgan fingerprint density at radius 2 is 1.96 bits per heavy atom. The molecule has 1 N–H and O–H groups in total. The van der Waals surface area contributed by atoms with Crippen LogP contribution in [0.4, 0.5) is 5.82 Å². The van der Waals surface area contributed by atoms with Gasteiger partial charge in [-0.25, -0.2) is 9.97 Å². The van der Waals surface area contributed by atoms with E-state index in [0.717, 1.165) is 43.7 Å². The second kappa shape index (κ2) is 7.62. The predicted molar refractivity (Wildman–Crippen MR) is 117 cm³/mol. The van der Waals surface area contributed by atoms with Crippen LogP contribution >= 0.6 is 22.9 Å². The van der Waals surface area contributed by atoms with Gasteiger partial charge in [0.1, 0.15) is 23.5 Å². The van der Waals surface area contributed by atoms with Gasteiger partial charge in [0.2, 0.25) is 0 Å². The minimum Gasteiger partial charge on any atom is -0.345 e. The van der Waals surface area contributed by atoms with Crippen LogP contribution < -0.4 is 9.80 Å². The molecule has 3 heterocycles. The number of thiophene rings is 1. The minimum atomic E-state index is 0.763. The van der Waals surface area contributed by atoms with E-state index in [4.69, 9.17) is 16.6 Å². The molecule has 1 atom stereocenters. The molecule has 0 saturated carbocycles. The van der Waals surface area contributed by atoms with Gasteiger partial charge < -0.3 is 9.80 Å². The third-order valence-corrected chi connectivity index (χ3v) is 7.66. The highest BCUT2D eigenvalue weighted by atomic mass is 35.5. The van der Waals surface area contributed by atoms with Gasteiger partial charge in [-0.1, -0.05) is 30.7 Å². The number of aryl methyl sites for hydroxylation is 1. The molecule has 6 heteroatoms. The van der Waals surface area contributed by atoms with Gasteiger partial charge in [0.05, 0.1) is 31.6 Å². The molecule has 146 valence electrons. The number of rotatable bonds is 3. The molecule has 28 heavy (non-hydrogen) atoms. The third kappa shape index (κ3) is 3.51. The maximum Gasteiger partial charge on any atom is 0.141 e. The van der Waals surface area contributed by atoms with E-state index in [1.807, 2.05) is 23.5 Å². The van der Waals surface area contributed by atoms with Gasteiger partial charge in [-0.3, -0.25) is 0 Å². The smallest absolute Gasteiger partial charge is 0.141 e. The van der Waals surface area contributed by atoms with Crippen LogP contribution in [0.3, 0.4) is 0 Å². The zero-order chi connectivity index (χ0) is 19.1. The highest BCUT2D eigenvalue weighted by Crippen LogP contribution is 2.40. The normalized spacial score (nSPS) is 20.5. The molecule has 3 aromatic rings. The molecule has 1 aromatic carbocycles. The van der Waals surface area contributed by atoms with Gasteiger partial charge >= 0.3 is 0 Å². The van der Waals surface area contributed by atoms with Crippen LogP contribution in [0.25, 0.3) is 10.2 Å². The maximum atomic E-state index is 6.01. The minimum absolute atomic E-state index is 0.763. The van der Waals surface area contributed by atoms with Crippen molar-refractivity contribution >= 4 is 39.0 Å². The number of aromatic nitrogens is 2. The topological polar surface area (TPSA) is 33.5 Å². The van der Waals surface area contributed by atoms with Crippen molar-refractivity contribution in [2.24, 2.45) is 5.92 Å². The molecule has 1 aliphatic carbocycles. The van der Waals surface area contributed by atoms with Crippen LogP contribution in [0, 0.1) is 5.92 Å². The van der Waals surface area contributed by atoms with E-state index in [1.165, 1.54) is 46.4 Å². The lowest BCUT2D eigenvalue weighted by molar-refractivity contribution is -0.914. The van der Waals surface area contributed by atoms with Crippen LogP contribution in [0.15, 0.2) is 30.6 Å². The second-order valence-electron chi connectivity index (χ2n) is 8.27. The standard InChI is InChI=1S/C22H25ClN4S/c1-15-2-7-19-18(12-15)20-21(24-14-25-22(20)28-19)27-10-8-26(9-11-27)13-16-3-5-17(23)6-4-16/h3-6,14-15H,2,7-13H2,1H3/p+1/t15-/m0/s1. The van der Waals surface area contributed by atoms with E-state index in [-0.39, 0.29) is 0 Å². The Kier molecular flexibility index (Phi) is 4.99. The van der Waals surface area contributed by atoms with E-state index in [1.54, 1.807) is 16.1 Å². The number of nitrogens with zero attached hydrogens (tertiary/aromatic N) is 3. The van der Waals surface area contributed by atoms with Gasteiger partial charge in [-0.05, 0) is 42.9 Å². The lowest BCUT2D eigenvalue weighted by Gasteiger charge is -2.33. The molecule has 5 rings (SSSR count). The average molecular weight is 414 g/mol. The molecule has 1 aliphatic heterocycles. The summed E-state index contributed by atoms with van der Waals surface area (Å²) in [6, 6.07) is 8.28. The number of halogens is 1. The Labute approximate surface area is 175 Å². The first-order valence-electron chi connectivity index (χ1n) is 10.3. The molecule has 2 aromatic heterocycles. The summed E-state index contributed by atoms with van der Waals surface area (Å²) < 4.78 is 0. The summed E-state index contributed by atoms with van der Waals surface area (Å²) >= 11 is 7.90. The molecule has 1 saturated heterocycles. The first kappa shape index (κ1) is 18.3. The number of nitrogens with one attached hydrogen (secondary N) is 1. The number of fused-ring (bicyclic) bond motifs is 3. The second-order valence-corrected chi connectivity index (χ2v) is 9.79. The van der Waals surface area contributed by atoms with Gasteiger partial charge in [0.15, 0.2) is 0 Å². The summed E-state index contributed by atoms with van der Waals surface area (Å²) in [6.45, 7) is 7.81. The number of benzene rings is 1. The van der Waals surface area contributed by atoms with E-state index < -0.39 is 0 Å². The summed E-state index contributed by atoms with van der Waals surface area (Å²) in [5.41, 5.74) is 2.89. The highest BCUT2D eigenvalue weighted by molar-refractivity contribution is 7.19. The van der Waals surface area contributed by atoms with Crippen molar-refractivity contribution in [3.8, 4) is 0 Å². The molecule has 0 unspecified atom stereocenters. The van der Waals surface area contributed by atoms with Crippen molar-refractivity contribution in [3.63, 3.8) is 0 Å². The Morgan fingerprint density at radius 1 is 1.18 bits per heavy atom. The molecular weight excluding hydrogens is 388 g/mol. The van der Waals surface area contributed by atoms with Crippen LogP contribution in [-0.4, -0.2) is 36.1 Å². The molecule has 0 bridgehead atoms. The quantitative estimate of drug-likeness (QED) is 0.714. The number of hydrogen-bond acceptors (Lipinski definition) is 4. The van der Waals surface area contributed by atoms with Gasteiger partial charge in [-0.2, -0.15) is 0 Å². The Hall–Kier alpha value is -1.69. The molecular formula is C22H26ClN4S+. The number of piperazine rings is 1. The van der Waals surface area contributed by atoms with E-state index in [2.05, 4.69) is 28.9 Å². The number of anilines is 1. The summed E-state index contributed by atoms with van der Waals surface area (Å²) in [5.74, 6) is 1.93. The van der Waals surface area contributed by atoms with Gasteiger partial charge in [-0.15, -0.1) is 11.3 Å². The van der Waals surface area contributed by atoms with E-state index in [9.17, 15) is 0 Å². The molecule has 0 spiro atoms. The number of quaternary nitrogens is 1. The van der Waals surface area contributed by atoms with Crippen molar-refractivity contribution < 1.29 is 4.90 Å². The average Bonchev–Trinajstić information content (AvgIpc) is 3.08. The van der Waals surface area contributed by atoms with Crippen molar-refractivity contribution in [1.82, 2.24) is 9.97 Å². The predicted octanol–water partition coefficient (Wildman–Crippen LogP) is 3.37. The SMILES string of the molecule is C[C@H]1CCc2sc3ncnc(N4CC[NH+](Cc5ccc(Cl)cc5)CC4)c3c2C1. The Morgan fingerprint density at radius 3 is 2.75 bits per heavy atom. The van der Waals surface area contributed by atoms with Crippen molar-refractivity contribution in [3.05, 3.63) is 51.6 Å². The van der Waals surface area contributed by atoms with Gasteiger partial charge in [0.25, 0.3) is 0 Å². The van der Waals surface area contributed by atoms with Gasteiger partial charge in [0, 0.05) is 15.5 Å². The van der Waals surface area contributed by atoms with E-state index >= 15 is 0 Å². The van der Waals surface area contributed by atoms with Crippen LogP contribution in [0.5, 0.6) is 0 Å². The maximum absolute atomic E-state index is 6.01. The zero-order valence-electron chi connectivity index (χ0n) is 16.2. The first-order chi connectivity index (χ1) is 13.7. The fourth-order valence-corrected chi connectivity index (χ4v) is 5.91. The lowest BCUT2D eigenvalue weighted by Crippen LogP contribution is -3.13. The largest absolute Gasteiger partial charge is 0.345 e. The first-order valence-corrected chi connectivity index (χ1v) is 11.4. The van der Waals surface area contributed by atoms with Crippen molar-refractivity contribution in [2.75, 3.05) is 31.1 Å². The molecule has 2 aliphatic rings. The Bertz CT molecular complexity index is 976. The summed E-state index contributed by atoms with van der Waals surface area (Å²) in [7, 11) is 0. The summed E-state index contributed by atoms with van der Waals surface area (Å²) in [5, 5.41) is 2.15. The Balaban J connectivity index is 1.34. The summed E-state index contributed by atoms with van der Waals surface area (Å²) in [6.07, 6.45) is 5.44. The molecule has 4 nitrogen and oxygen atoms in total. The summed E-state index contributed by atoms with van der Waals surface area (Å²) in [4.78, 5) is 16.2. The monoisotopic (exact) mass is 413 g/mol.